The minimum Gasteiger partial charge on any atom is -0.437 e. The highest BCUT2D eigenvalue weighted by Crippen LogP contribution is 2.34. The van der Waals surface area contributed by atoms with Gasteiger partial charge in [0, 0.05) is 6.42 Å². The molecule has 0 unspecified atom stereocenters. The molecule has 0 spiro atoms. The molecule has 110 valence electrons. The number of hydrogen-bond acceptors (Lipinski definition) is 6. The highest BCUT2D eigenvalue weighted by molar-refractivity contribution is 7.17. The molecule has 0 radical (unpaired) electrons. The number of benzene rings is 1. The molecule has 0 aliphatic heterocycles. The lowest BCUT2D eigenvalue weighted by atomic mass is 10.1. The summed E-state index contributed by atoms with van der Waals surface area (Å²) in [6.07, 6.45) is 0.717. The van der Waals surface area contributed by atoms with Crippen molar-refractivity contribution in [3.05, 3.63) is 40.2 Å². The van der Waals surface area contributed by atoms with Crippen molar-refractivity contribution in [2.24, 2.45) is 0 Å². The summed E-state index contributed by atoms with van der Waals surface area (Å²) in [7, 11) is 0. The monoisotopic (exact) mass is 310 g/mol. The van der Waals surface area contributed by atoms with Crippen molar-refractivity contribution < 1.29 is 4.74 Å². The van der Waals surface area contributed by atoms with Crippen LogP contribution < -0.4 is 4.74 Å². The maximum atomic E-state index is 9.03. The van der Waals surface area contributed by atoms with Crippen molar-refractivity contribution in [3.63, 3.8) is 0 Å². The second kappa shape index (κ2) is 5.70. The quantitative estimate of drug-likeness (QED) is 0.733. The Balaban J connectivity index is 2.11. The largest absolute Gasteiger partial charge is 0.437 e. The third-order valence-electron chi connectivity index (χ3n) is 3.31. The number of aryl methyl sites for hydroxylation is 3. The van der Waals surface area contributed by atoms with Crippen LogP contribution in [0.2, 0.25) is 0 Å². The Labute approximate surface area is 132 Å². The van der Waals surface area contributed by atoms with Crippen molar-refractivity contribution in [2.45, 2.75) is 27.2 Å². The van der Waals surface area contributed by atoms with Crippen molar-refractivity contribution in [3.8, 4) is 17.7 Å². The van der Waals surface area contributed by atoms with E-state index in [1.165, 1.54) is 11.3 Å². The molecule has 0 fully saturated rings. The third-order valence-corrected chi connectivity index (χ3v) is 4.12. The van der Waals surface area contributed by atoms with Crippen LogP contribution >= 0.6 is 11.3 Å². The summed E-state index contributed by atoms with van der Waals surface area (Å²) in [5, 5.41) is 9.03. The first-order chi connectivity index (χ1) is 10.6. The lowest BCUT2D eigenvalue weighted by molar-refractivity contribution is 0.459. The van der Waals surface area contributed by atoms with Crippen LogP contribution in [0.25, 0.3) is 10.3 Å². The molecule has 0 N–H and O–H groups in total. The predicted octanol–water partition coefficient (Wildman–Crippen LogP) is 3.93. The molecule has 3 aromatic rings. The summed E-state index contributed by atoms with van der Waals surface area (Å²) >= 11 is 1.46. The van der Waals surface area contributed by atoms with Crippen molar-refractivity contribution in [1.82, 2.24) is 15.0 Å². The Morgan fingerprint density at radius 3 is 2.59 bits per heavy atom. The zero-order chi connectivity index (χ0) is 15.7. The molecule has 3 rings (SSSR count). The Kier molecular flexibility index (Phi) is 3.73. The number of hydrogen-bond donors (Lipinski definition) is 0. The second-order valence-electron chi connectivity index (χ2n) is 4.96. The first-order valence-electron chi connectivity index (χ1n) is 6.91. The van der Waals surface area contributed by atoms with Gasteiger partial charge >= 0.3 is 0 Å². The number of aromatic nitrogens is 3. The SMILES string of the molecule is CCc1nc(Oc2c(C)cc(C#N)cc2C)c2scnc2n1. The van der Waals surface area contributed by atoms with E-state index < -0.39 is 0 Å². The molecule has 2 aromatic heterocycles. The summed E-state index contributed by atoms with van der Waals surface area (Å²) in [6, 6.07) is 5.78. The van der Waals surface area contributed by atoms with Crippen LogP contribution in [-0.2, 0) is 6.42 Å². The van der Waals surface area contributed by atoms with Crippen LogP contribution in [-0.4, -0.2) is 15.0 Å². The van der Waals surface area contributed by atoms with E-state index in [1.807, 2.05) is 32.9 Å². The standard InChI is InChI=1S/C16H14N4OS/c1-4-12-19-15-14(22-8-18-15)16(20-12)21-13-9(2)5-11(7-17)6-10(13)3/h5-6,8H,4H2,1-3H3. The van der Waals surface area contributed by atoms with E-state index in [1.54, 1.807) is 5.51 Å². The van der Waals surface area contributed by atoms with Gasteiger partial charge in [0.15, 0.2) is 5.65 Å². The van der Waals surface area contributed by atoms with E-state index in [9.17, 15) is 0 Å². The van der Waals surface area contributed by atoms with Gasteiger partial charge in [0.1, 0.15) is 16.3 Å². The van der Waals surface area contributed by atoms with Gasteiger partial charge in [0.2, 0.25) is 5.88 Å². The number of rotatable bonds is 3. The van der Waals surface area contributed by atoms with E-state index in [-0.39, 0.29) is 0 Å². The van der Waals surface area contributed by atoms with Crippen molar-refractivity contribution in [1.29, 1.82) is 5.26 Å². The molecule has 0 atom stereocenters. The molecule has 2 heterocycles. The van der Waals surface area contributed by atoms with E-state index >= 15 is 0 Å². The van der Waals surface area contributed by atoms with Gasteiger partial charge in [-0.3, -0.25) is 0 Å². The predicted molar refractivity (Wildman–Crippen MR) is 85.3 cm³/mol. The first-order valence-corrected chi connectivity index (χ1v) is 7.79. The number of nitrogens with zero attached hydrogens (tertiary/aromatic N) is 4. The van der Waals surface area contributed by atoms with Crippen LogP contribution in [0.15, 0.2) is 17.6 Å². The molecule has 0 saturated carbocycles. The summed E-state index contributed by atoms with van der Waals surface area (Å²) < 4.78 is 6.90. The molecule has 0 amide bonds. The number of nitriles is 1. The average Bonchev–Trinajstić information content (AvgIpc) is 2.98. The summed E-state index contributed by atoms with van der Waals surface area (Å²) in [5.41, 5.74) is 4.85. The Bertz CT molecular complexity index is 872. The van der Waals surface area contributed by atoms with Crippen LogP contribution in [0, 0.1) is 25.2 Å². The molecular weight excluding hydrogens is 296 g/mol. The fourth-order valence-electron chi connectivity index (χ4n) is 2.28. The molecule has 0 bridgehead atoms. The highest BCUT2D eigenvalue weighted by atomic mass is 32.1. The minimum absolute atomic E-state index is 0.528. The van der Waals surface area contributed by atoms with Crippen LogP contribution in [0.3, 0.4) is 0 Å². The molecular formula is C16H14N4OS. The normalized spacial score (nSPS) is 10.6. The summed E-state index contributed by atoms with van der Waals surface area (Å²) in [5.74, 6) is 1.96. The zero-order valence-corrected chi connectivity index (χ0v) is 13.4. The molecule has 0 aliphatic rings. The van der Waals surface area contributed by atoms with Gasteiger partial charge in [-0.05, 0) is 37.1 Å². The average molecular weight is 310 g/mol. The van der Waals surface area contributed by atoms with Gasteiger partial charge in [-0.15, -0.1) is 11.3 Å². The molecule has 22 heavy (non-hydrogen) atoms. The van der Waals surface area contributed by atoms with Crippen LogP contribution in [0.4, 0.5) is 0 Å². The van der Waals surface area contributed by atoms with Crippen molar-refractivity contribution in [2.75, 3.05) is 0 Å². The van der Waals surface area contributed by atoms with E-state index in [0.717, 1.165) is 28.0 Å². The topological polar surface area (TPSA) is 71.7 Å². The highest BCUT2D eigenvalue weighted by Gasteiger charge is 2.14. The molecule has 0 saturated heterocycles. The van der Waals surface area contributed by atoms with Crippen LogP contribution in [0.5, 0.6) is 11.6 Å². The van der Waals surface area contributed by atoms with Gasteiger partial charge in [-0.2, -0.15) is 10.2 Å². The lowest BCUT2D eigenvalue weighted by Crippen LogP contribution is -1.99. The van der Waals surface area contributed by atoms with E-state index in [4.69, 9.17) is 10.00 Å². The lowest BCUT2D eigenvalue weighted by Gasteiger charge is -2.12. The van der Waals surface area contributed by atoms with Gasteiger partial charge < -0.3 is 4.74 Å². The van der Waals surface area contributed by atoms with E-state index in [0.29, 0.717) is 22.9 Å². The van der Waals surface area contributed by atoms with Gasteiger partial charge in [-0.25, -0.2) is 9.97 Å². The van der Waals surface area contributed by atoms with E-state index in [2.05, 4.69) is 21.0 Å². The van der Waals surface area contributed by atoms with Crippen molar-refractivity contribution >= 4 is 21.7 Å². The molecule has 5 nitrogen and oxygen atoms in total. The van der Waals surface area contributed by atoms with Gasteiger partial charge in [0.25, 0.3) is 0 Å². The smallest absolute Gasteiger partial charge is 0.242 e. The maximum absolute atomic E-state index is 9.03. The third kappa shape index (κ3) is 2.51. The Hall–Kier alpha value is -2.52. The van der Waals surface area contributed by atoms with Gasteiger partial charge in [-0.1, -0.05) is 6.92 Å². The first kappa shape index (κ1) is 14.4. The van der Waals surface area contributed by atoms with Crippen LogP contribution in [0.1, 0.15) is 29.4 Å². The Morgan fingerprint density at radius 2 is 1.95 bits per heavy atom. The minimum atomic E-state index is 0.528. The fourth-order valence-corrected chi connectivity index (χ4v) is 2.93. The summed E-state index contributed by atoms with van der Waals surface area (Å²) in [6.45, 7) is 5.85. The van der Waals surface area contributed by atoms with Gasteiger partial charge in [0.05, 0.1) is 17.1 Å². The zero-order valence-electron chi connectivity index (χ0n) is 12.5. The number of thiazole rings is 1. The number of ether oxygens (including phenoxy) is 1. The maximum Gasteiger partial charge on any atom is 0.242 e. The molecule has 0 aliphatic carbocycles. The Morgan fingerprint density at radius 1 is 1.23 bits per heavy atom. The molecule has 1 aromatic carbocycles. The molecule has 6 heteroatoms. The fraction of sp³-hybridized carbons (Fsp3) is 0.250. The number of fused-ring (bicyclic) bond motifs is 1. The second-order valence-corrected chi connectivity index (χ2v) is 5.81. The summed E-state index contributed by atoms with van der Waals surface area (Å²) in [4.78, 5) is 13.1.